The number of benzene rings is 2. The quantitative estimate of drug-likeness (QED) is 0.676. The van der Waals surface area contributed by atoms with E-state index in [0.717, 1.165) is 11.6 Å². The molecule has 2 rings (SSSR count). The first-order valence-corrected chi connectivity index (χ1v) is 8.19. The maximum absolute atomic E-state index is 11.9. The largest absolute Gasteiger partial charge is 0.490 e. The van der Waals surface area contributed by atoms with Crippen LogP contribution in [-0.4, -0.2) is 30.2 Å². The third-order valence-corrected chi connectivity index (χ3v) is 3.38. The van der Waals surface area contributed by atoms with Crippen LogP contribution < -0.4 is 14.8 Å². The monoisotopic (exact) mass is 355 g/mol. The maximum atomic E-state index is 11.9. The zero-order valence-electron chi connectivity index (χ0n) is 14.5. The van der Waals surface area contributed by atoms with Crippen molar-refractivity contribution in [2.45, 2.75) is 13.5 Å². The Kier molecular flexibility index (Phi) is 7.24. The molecule has 0 bridgehead atoms. The van der Waals surface area contributed by atoms with E-state index in [2.05, 4.69) is 5.32 Å². The van der Waals surface area contributed by atoms with Crippen LogP contribution in [0.3, 0.4) is 0 Å². The minimum atomic E-state index is -1.03. The molecule has 2 aromatic carbocycles. The van der Waals surface area contributed by atoms with E-state index in [9.17, 15) is 9.59 Å². The highest BCUT2D eigenvalue weighted by Gasteiger charge is 2.09. The molecule has 0 atom stereocenters. The molecule has 136 valence electrons. The lowest BCUT2D eigenvalue weighted by atomic mass is 10.2. The van der Waals surface area contributed by atoms with Crippen LogP contribution in [0.5, 0.6) is 11.5 Å². The number of hydrogen-bond acceptors (Lipinski definition) is 4. The van der Waals surface area contributed by atoms with E-state index < -0.39 is 5.97 Å². The molecule has 0 unspecified atom stereocenters. The van der Waals surface area contributed by atoms with Gasteiger partial charge in [-0.2, -0.15) is 0 Å². The molecule has 6 heteroatoms. The van der Waals surface area contributed by atoms with Gasteiger partial charge in [0.25, 0.3) is 5.91 Å². The number of carboxylic acids is 1. The van der Waals surface area contributed by atoms with Crippen molar-refractivity contribution in [1.29, 1.82) is 0 Å². The summed E-state index contributed by atoms with van der Waals surface area (Å²) in [5.74, 6) is -0.394. The lowest BCUT2D eigenvalue weighted by Gasteiger charge is -2.12. The van der Waals surface area contributed by atoms with Gasteiger partial charge in [0.2, 0.25) is 0 Å². The minimum absolute atomic E-state index is 0.142. The first-order chi connectivity index (χ1) is 12.6. The van der Waals surface area contributed by atoms with Crippen LogP contribution in [-0.2, 0) is 16.1 Å². The van der Waals surface area contributed by atoms with Crippen molar-refractivity contribution in [3.05, 3.63) is 65.7 Å². The molecule has 0 aliphatic carbocycles. The van der Waals surface area contributed by atoms with Crippen molar-refractivity contribution < 1.29 is 24.2 Å². The molecule has 1 amide bonds. The molecule has 0 radical (unpaired) electrons. The lowest BCUT2D eigenvalue weighted by molar-refractivity contribution is -0.131. The van der Waals surface area contributed by atoms with E-state index in [1.165, 1.54) is 6.08 Å². The Morgan fingerprint density at radius 3 is 2.54 bits per heavy atom. The van der Waals surface area contributed by atoms with E-state index in [-0.39, 0.29) is 12.5 Å². The summed E-state index contributed by atoms with van der Waals surface area (Å²) in [6, 6.07) is 14.6. The summed E-state index contributed by atoms with van der Waals surface area (Å²) >= 11 is 0. The second-order valence-corrected chi connectivity index (χ2v) is 5.36. The molecule has 2 N–H and O–H groups in total. The molecule has 2 aromatic rings. The number of hydrogen-bond donors (Lipinski definition) is 2. The molecule has 0 heterocycles. The van der Waals surface area contributed by atoms with Gasteiger partial charge in [-0.3, -0.25) is 4.79 Å². The highest BCUT2D eigenvalue weighted by Crippen LogP contribution is 2.29. The fraction of sp³-hybridized carbons (Fsp3) is 0.200. The molecule has 0 spiro atoms. The number of amides is 1. The molecule has 0 aliphatic rings. The first kappa shape index (κ1) is 19.1. The number of carbonyl (C=O) groups excluding carboxylic acids is 1. The average Bonchev–Trinajstić information content (AvgIpc) is 2.65. The Morgan fingerprint density at radius 2 is 1.85 bits per heavy atom. The van der Waals surface area contributed by atoms with Gasteiger partial charge < -0.3 is 19.9 Å². The van der Waals surface area contributed by atoms with Crippen LogP contribution in [0.2, 0.25) is 0 Å². The summed E-state index contributed by atoms with van der Waals surface area (Å²) in [4.78, 5) is 22.6. The number of nitrogens with one attached hydrogen (secondary N) is 1. The Labute approximate surface area is 152 Å². The zero-order chi connectivity index (χ0) is 18.8. The smallest absolute Gasteiger partial charge is 0.328 e. The van der Waals surface area contributed by atoms with Crippen molar-refractivity contribution in [2.75, 3.05) is 13.2 Å². The number of ether oxygens (including phenoxy) is 2. The van der Waals surface area contributed by atoms with Crippen LogP contribution in [0.15, 0.2) is 54.6 Å². The summed E-state index contributed by atoms with van der Waals surface area (Å²) in [5, 5.41) is 11.5. The Morgan fingerprint density at radius 1 is 1.08 bits per heavy atom. The van der Waals surface area contributed by atoms with Gasteiger partial charge in [-0.05, 0) is 36.3 Å². The van der Waals surface area contributed by atoms with Crippen molar-refractivity contribution in [2.24, 2.45) is 0 Å². The van der Waals surface area contributed by atoms with Crippen LogP contribution >= 0.6 is 0 Å². The van der Waals surface area contributed by atoms with Gasteiger partial charge in [-0.1, -0.05) is 36.4 Å². The second-order valence-electron chi connectivity index (χ2n) is 5.36. The number of carboxylic acid groups (broad SMARTS) is 1. The summed E-state index contributed by atoms with van der Waals surface area (Å²) < 4.78 is 11.1. The second kappa shape index (κ2) is 9.88. The molecule has 26 heavy (non-hydrogen) atoms. The summed E-state index contributed by atoms with van der Waals surface area (Å²) in [6.07, 6.45) is 2.50. The Hall–Kier alpha value is -3.28. The predicted molar refractivity (Wildman–Crippen MR) is 98.1 cm³/mol. The SMILES string of the molecule is CCOc1cc(C=CC(=O)O)ccc1OCC(=O)NCc1ccccc1. The van der Waals surface area contributed by atoms with Crippen LogP contribution in [0.4, 0.5) is 0 Å². The van der Waals surface area contributed by atoms with E-state index in [0.29, 0.717) is 30.2 Å². The summed E-state index contributed by atoms with van der Waals surface area (Å²) in [7, 11) is 0. The standard InChI is InChI=1S/C20H21NO5/c1-2-25-18-12-15(9-11-20(23)24)8-10-17(18)26-14-19(22)21-13-16-6-4-3-5-7-16/h3-12H,2,13-14H2,1H3,(H,21,22)(H,23,24). The maximum Gasteiger partial charge on any atom is 0.328 e. The van der Waals surface area contributed by atoms with E-state index >= 15 is 0 Å². The average molecular weight is 355 g/mol. The number of rotatable bonds is 9. The van der Waals surface area contributed by atoms with Gasteiger partial charge >= 0.3 is 5.97 Å². The molecule has 6 nitrogen and oxygen atoms in total. The van der Waals surface area contributed by atoms with E-state index in [4.69, 9.17) is 14.6 Å². The number of carbonyl (C=O) groups is 2. The summed E-state index contributed by atoms with van der Waals surface area (Å²) in [6.45, 7) is 2.54. The van der Waals surface area contributed by atoms with Crippen LogP contribution in [0.25, 0.3) is 6.08 Å². The molecule has 0 fully saturated rings. The van der Waals surface area contributed by atoms with Crippen molar-refractivity contribution in [3.63, 3.8) is 0 Å². The van der Waals surface area contributed by atoms with Gasteiger partial charge in [0.15, 0.2) is 18.1 Å². The van der Waals surface area contributed by atoms with Gasteiger partial charge in [0, 0.05) is 12.6 Å². The molecule has 0 aliphatic heterocycles. The van der Waals surface area contributed by atoms with Crippen molar-refractivity contribution in [1.82, 2.24) is 5.32 Å². The highest BCUT2D eigenvalue weighted by atomic mass is 16.5. The molecule has 0 saturated heterocycles. The molecule has 0 saturated carbocycles. The van der Waals surface area contributed by atoms with E-state index in [1.54, 1.807) is 18.2 Å². The lowest BCUT2D eigenvalue weighted by Crippen LogP contribution is -2.28. The van der Waals surface area contributed by atoms with E-state index in [1.807, 2.05) is 37.3 Å². The topological polar surface area (TPSA) is 84.9 Å². The predicted octanol–water partition coefficient (Wildman–Crippen LogP) is 2.88. The Balaban J connectivity index is 1.94. The van der Waals surface area contributed by atoms with Crippen LogP contribution in [0.1, 0.15) is 18.1 Å². The molecular weight excluding hydrogens is 334 g/mol. The van der Waals surface area contributed by atoms with Gasteiger partial charge in [0.05, 0.1) is 6.61 Å². The normalized spacial score (nSPS) is 10.5. The zero-order valence-corrected chi connectivity index (χ0v) is 14.5. The van der Waals surface area contributed by atoms with Gasteiger partial charge in [0.1, 0.15) is 0 Å². The van der Waals surface area contributed by atoms with Gasteiger partial charge in [-0.25, -0.2) is 4.79 Å². The summed E-state index contributed by atoms with van der Waals surface area (Å²) in [5.41, 5.74) is 1.67. The highest BCUT2D eigenvalue weighted by molar-refractivity contribution is 5.85. The van der Waals surface area contributed by atoms with Gasteiger partial charge in [-0.15, -0.1) is 0 Å². The van der Waals surface area contributed by atoms with Crippen LogP contribution in [0, 0.1) is 0 Å². The Bertz CT molecular complexity index is 771. The first-order valence-electron chi connectivity index (χ1n) is 8.19. The third kappa shape index (κ3) is 6.32. The fourth-order valence-corrected chi connectivity index (χ4v) is 2.17. The minimum Gasteiger partial charge on any atom is -0.490 e. The fourth-order valence-electron chi connectivity index (χ4n) is 2.17. The molecule has 0 aromatic heterocycles. The van der Waals surface area contributed by atoms with Crippen molar-refractivity contribution in [3.8, 4) is 11.5 Å². The molecular formula is C20H21NO5. The third-order valence-electron chi connectivity index (χ3n) is 3.38. The van der Waals surface area contributed by atoms with Crippen molar-refractivity contribution >= 4 is 18.0 Å². The number of aliphatic carboxylic acids is 1.